The zero-order valence-electron chi connectivity index (χ0n) is 12.4. The van der Waals surface area contributed by atoms with Crippen molar-refractivity contribution in [3.8, 4) is 0 Å². The number of sulfonamides is 1. The molecule has 0 aromatic heterocycles. The van der Waals surface area contributed by atoms with Gasteiger partial charge in [-0.1, -0.05) is 19.1 Å². The summed E-state index contributed by atoms with van der Waals surface area (Å²) in [4.78, 5) is 12.1. The Morgan fingerprint density at radius 2 is 2.00 bits per heavy atom. The predicted octanol–water partition coefficient (Wildman–Crippen LogP) is 1.31. The van der Waals surface area contributed by atoms with E-state index in [4.69, 9.17) is 5.73 Å². The van der Waals surface area contributed by atoms with Gasteiger partial charge in [0.05, 0.1) is 17.0 Å². The average molecular weight is 313 g/mol. The van der Waals surface area contributed by atoms with Gasteiger partial charge in [-0.05, 0) is 31.9 Å². The van der Waals surface area contributed by atoms with Gasteiger partial charge in [-0.3, -0.25) is 9.52 Å². The molecular weight excluding hydrogens is 290 g/mol. The molecule has 1 unspecified atom stereocenters. The number of hydrogen-bond acceptors (Lipinski definition) is 4. The van der Waals surface area contributed by atoms with E-state index < -0.39 is 10.0 Å². The second-order valence-electron chi connectivity index (χ2n) is 4.99. The van der Waals surface area contributed by atoms with E-state index in [9.17, 15) is 13.2 Å². The number of benzene rings is 1. The minimum atomic E-state index is -3.42. The first-order chi connectivity index (χ1) is 9.85. The van der Waals surface area contributed by atoms with Gasteiger partial charge in [0.2, 0.25) is 10.0 Å². The zero-order valence-corrected chi connectivity index (χ0v) is 13.2. The van der Waals surface area contributed by atoms with E-state index in [1.807, 2.05) is 6.92 Å². The topological polar surface area (TPSA) is 101 Å². The maximum atomic E-state index is 12.1. The highest BCUT2D eigenvalue weighted by molar-refractivity contribution is 7.92. The third-order valence-corrected chi connectivity index (χ3v) is 4.27. The molecule has 7 heteroatoms. The van der Waals surface area contributed by atoms with Crippen molar-refractivity contribution in [3.63, 3.8) is 0 Å². The van der Waals surface area contributed by atoms with Crippen LogP contribution in [0.15, 0.2) is 24.3 Å². The van der Waals surface area contributed by atoms with Crippen LogP contribution in [0.4, 0.5) is 5.69 Å². The summed E-state index contributed by atoms with van der Waals surface area (Å²) in [5.41, 5.74) is 6.22. The summed E-state index contributed by atoms with van der Waals surface area (Å²) >= 11 is 0. The molecule has 1 atom stereocenters. The van der Waals surface area contributed by atoms with Crippen molar-refractivity contribution >= 4 is 21.6 Å². The number of nitrogens with two attached hydrogens (primary N) is 1. The Labute approximate surface area is 126 Å². The van der Waals surface area contributed by atoms with E-state index in [0.717, 1.165) is 0 Å². The molecule has 118 valence electrons. The molecule has 1 aromatic rings. The van der Waals surface area contributed by atoms with E-state index >= 15 is 0 Å². The molecule has 0 saturated carbocycles. The molecule has 6 nitrogen and oxygen atoms in total. The third kappa shape index (κ3) is 6.14. The number of nitrogens with one attached hydrogen (secondary N) is 2. The van der Waals surface area contributed by atoms with Gasteiger partial charge in [0, 0.05) is 12.6 Å². The van der Waals surface area contributed by atoms with Crippen molar-refractivity contribution in [1.82, 2.24) is 5.32 Å². The summed E-state index contributed by atoms with van der Waals surface area (Å²) < 4.78 is 26.1. The Morgan fingerprint density at radius 1 is 1.33 bits per heavy atom. The zero-order chi connectivity index (χ0) is 15.9. The minimum absolute atomic E-state index is 0.00333. The molecule has 1 amide bonds. The van der Waals surface area contributed by atoms with E-state index in [-0.39, 0.29) is 17.7 Å². The van der Waals surface area contributed by atoms with E-state index in [0.29, 0.717) is 30.6 Å². The van der Waals surface area contributed by atoms with Crippen LogP contribution >= 0.6 is 0 Å². The summed E-state index contributed by atoms with van der Waals surface area (Å²) in [6.45, 7) is 4.09. The van der Waals surface area contributed by atoms with Crippen molar-refractivity contribution in [2.45, 2.75) is 32.7 Å². The van der Waals surface area contributed by atoms with Crippen LogP contribution in [-0.4, -0.2) is 32.7 Å². The minimum Gasteiger partial charge on any atom is -0.352 e. The Balaban J connectivity index is 2.81. The van der Waals surface area contributed by atoms with Crippen LogP contribution in [0.25, 0.3) is 0 Å². The van der Waals surface area contributed by atoms with Crippen LogP contribution in [0, 0.1) is 0 Å². The van der Waals surface area contributed by atoms with Gasteiger partial charge in [-0.15, -0.1) is 0 Å². The van der Waals surface area contributed by atoms with Crippen LogP contribution in [0.2, 0.25) is 0 Å². The highest BCUT2D eigenvalue weighted by Gasteiger charge is 2.15. The number of carbonyl (C=O) groups excluding carboxylic acids is 1. The number of para-hydroxylation sites is 1. The van der Waals surface area contributed by atoms with Gasteiger partial charge in [-0.2, -0.15) is 0 Å². The molecule has 0 saturated heterocycles. The van der Waals surface area contributed by atoms with E-state index in [1.165, 1.54) is 0 Å². The number of hydrogen-bond donors (Lipinski definition) is 3. The molecule has 0 aliphatic carbocycles. The molecule has 0 bridgehead atoms. The summed E-state index contributed by atoms with van der Waals surface area (Å²) in [6.07, 6.45) is 1.17. The Hall–Kier alpha value is -1.60. The molecule has 1 rings (SSSR count). The van der Waals surface area contributed by atoms with Gasteiger partial charge in [-0.25, -0.2) is 8.42 Å². The first kappa shape index (κ1) is 17.5. The van der Waals surface area contributed by atoms with Gasteiger partial charge >= 0.3 is 0 Å². The molecule has 1 aromatic carbocycles. The highest BCUT2D eigenvalue weighted by atomic mass is 32.2. The lowest BCUT2D eigenvalue weighted by atomic mass is 10.1. The lowest BCUT2D eigenvalue weighted by Crippen LogP contribution is -2.30. The lowest BCUT2D eigenvalue weighted by molar-refractivity contribution is 0.0953. The standard InChI is InChI=1S/C14H23N3O3S/c1-3-10-21(19,20)17-13-7-5-4-6-12(13)14(18)16-9-8-11(2)15/h4-7,11,17H,3,8-10,15H2,1-2H3,(H,16,18). The van der Waals surface area contributed by atoms with Crippen LogP contribution in [-0.2, 0) is 10.0 Å². The van der Waals surface area contributed by atoms with Crippen LogP contribution in [0.5, 0.6) is 0 Å². The van der Waals surface area contributed by atoms with Crippen molar-refractivity contribution in [2.24, 2.45) is 5.73 Å². The fourth-order valence-corrected chi connectivity index (χ4v) is 2.92. The summed E-state index contributed by atoms with van der Waals surface area (Å²) in [7, 11) is -3.42. The maximum absolute atomic E-state index is 12.1. The molecule has 0 aliphatic heterocycles. The molecule has 0 radical (unpaired) electrons. The van der Waals surface area contributed by atoms with E-state index in [2.05, 4.69) is 10.0 Å². The Bertz CT molecular complexity index is 571. The predicted molar refractivity (Wildman–Crippen MR) is 84.7 cm³/mol. The van der Waals surface area contributed by atoms with Crippen molar-refractivity contribution in [2.75, 3.05) is 17.0 Å². The highest BCUT2D eigenvalue weighted by Crippen LogP contribution is 2.16. The van der Waals surface area contributed by atoms with Gasteiger partial charge in [0.15, 0.2) is 0 Å². The SMILES string of the molecule is CCCS(=O)(=O)Nc1ccccc1C(=O)NCCC(C)N. The van der Waals surface area contributed by atoms with Crippen LogP contribution in [0.1, 0.15) is 37.0 Å². The monoisotopic (exact) mass is 313 g/mol. The fraction of sp³-hybridized carbons (Fsp3) is 0.500. The molecule has 0 spiro atoms. The molecule has 21 heavy (non-hydrogen) atoms. The fourth-order valence-electron chi connectivity index (χ4n) is 1.77. The summed E-state index contributed by atoms with van der Waals surface area (Å²) in [6, 6.07) is 6.54. The van der Waals surface area contributed by atoms with Crippen molar-refractivity contribution < 1.29 is 13.2 Å². The second kappa shape index (κ2) is 7.99. The van der Waals surface area contributed by atoms with E-state index in [1.54, 1.807) is 31.2 Å². The first-order valence-electron chi connectivity index (χ1n) is 6.99. The lowest BCUT2D eigenvalue weighted by Gasteiger charge is -2.13. The third-order valence-electron chi connectivity index (χ3n) is 2.80. The molecule has 0 heterocycles. The first-order valence-corrected chi connectivity index (χ1v) is 8.64. The number of carbonyl (C=O) groups is 1. The summed E-state index contributed by atoms with van der Waals surface area (Å²) in [5.74, 6) is -0.293. The molecular formula is C14H23N3O3S. The van der Waals surface area contributed by atoms with Crippen LogP contribution in [0.3, 0.4) is 0 Å². The smallest absolute Gasteiger partial charge is 0.253 e. The van der Waals surface area contributed by atoms with Gasteiger partial charge in [0.25, 0.3) is 5.91 Å². The molecule has 4 N–H and O–H groups in total. The van der Waals surface area contributed by atoms with Gasteiger partial charge in [0.1, 0.15) is 0 Å². The van der Waals surface area contributed by atoms with Crippen LogP contribution < -0.4 is 15.8 Å². The van der Waals surface area contributed by atoms with Crippen molar-refractivity contribution in [1.29, 1.82) is 0 Å². The number of rotatable bonds is 8. The quantitative estimate of drug-likeness (QED) is 0.673. The molecule has 0 fully saturated rings. The average Bonchev–Trinajstić information content (AvgIpc) is 2.38. The largest absolute Gasteiger partial charge is 0.352 e. The second-order valence-corrected chi connectivity index (χ2v) is 6.83. The van der Waals surface area contributed by atoms with Crippen molar-refractivity contribution in [3.05, 3.63) is 29.8 Å². The number of anilines is 1. The maximum Gasteiger partial charge on any atom is 0.253 e. The Morgan fingerprint density at radius 3 is 2.62 bits per heavy atom. The Kier molecular flexibility index (Phi) is 6.64. The molecule has 0 aliphatic rings. The number of amides is 1. The van der Waals surface area contributed by atoms with Gasteiger partial charge < -0.3 is 11.1 Å². The summed E-state index contributed by atoms with van der Waals surface area (Å²) in [5, 5.41) is 2.73. The normalized spacial score (nSPS) is 12.7.